The van der Waals surface area contributed by atoms with Crippen LogP contribution in [0.15, 0.2) is 47.4 Å². The summed E-state index contributed by atoms with van der Waals surface area (Å²) in [6.45, 7) is 5.22. The maximum absolute atomic E-state index is 12.5. The van der Waals surface area contributed by atoms with Gasteiger partial charge in [0.1, 0.15) is 0 Å². The summed E-state index contributed by atoms with van der Waals surface area (Å²) in [6.07, 6.45) is 0.843. The number of benzene rings is 2. The zero-order chi connectivity index (χ0) is 19.2. The SMILES string of the molecule is CNCCCNC(=O)c1ccc(NS(=O)(=O)c2ccc(C)c(C)c2)cc1.Cl. The fraction of sp³-hybridized carbons (Fsp3) is 0.316. The van der Waals surface area contributed by atoms with E-state index in [9.17, 15) is 13.2 Å². The molecular formula is C19H26ClN3O3S. The predicted molar refractivity (Wildman–Crippen MR) is 111 cm³/mol. The summed E-state index contributed by atoms with van der Waals surface area (Å²) in [5.41, 5.74) is 2.85. The molecule has 0 radical (unpaired) electrons. The van der Waals surface area contributed by atoms with Crippen molar-refractivity contribution in [1.82, 2.24) is 10.6 Å². The van der Waals surface area contributed by atoms with Gasteiger partial charge in [0.15, 0.2) is 0 Å². The maximum atomic E-state index is 12.5. The highest BCUT2D eigenvalue weighted by Crippen LogP contribution is 2.19. The van der Waals surface area contributed by atoms with E-state index in [1.54, 1.807) is 42.5 Å². The molecule has 0 saturated heterocycles. The van der Waals surface area contributed by atoms with Gasteiger partial charge in [-0.25, -0.2) is 8.42 Å². The average molecular weight is 412 g/mol. The van der Waals surface area contributed by atoms with Crippen molar-refractivity contribution < 1.29 is 13.2 Å². The van der Waals surface area contributed by atoms with Gasteiger partial charge < -0.3 is 10.6 Å². The first-order valence-corrected chi connectivity index (χ1v) is 9.95. The molecule has 148 valence electrons. The molecule has 0 bridgehead atoms. The number of aryl methyl sites for hydroxylation is 2. The standard InChI is InChI=1S/C19H25N3O3S.ClH/c1-14-5-10-18(13-15(14)2)26(24,25)22-17-8-6-16(7-9-17)19(23)21-12-4-11-20-3;/h5-10,13,20,22H,4,11-12H2,1-3H3,(H,21,23);1H. The fourth-order valence-corrected chi connectivity index (χ4v) is 3.50. The molecule has 0 aromatic heterocycles. The lowest BCUT2D eigenvalue weighted by Crippen LogP contribution is -2.26. The van der Waals surface area contributed by atoms with E-state index in [1.807, 2.05) is 20.9 Å². The molecule has 27 heavy (non-hydrogen) atoms. The third kappa shape index (κ3) is 6.53. The Morgan fingerprint density at radius 1 is 0.963 bits per heavy atom. The number of carbonyl (C=O) groups is 1. The number of halogens is 1. The molecule has 2 rings (SSSR count). The highest BCUT2D eigenvalue weighted by molar-refractivity contribution is 7.92. The minimum atomic E-state index is -3.66. The first-order valence-electron chi connectivity index (χ1n) is 8.46. The Morgan fingerprint density at radius 2 is 1.63 bits per heavy atom. The molecule has 6 nitrogen and oxygen atoms in total. The lowest BCUT2D eigenvalue weighted by atomic mass is 10.1. The van der Waals surface area contributed by atoms with Gasteiger partial charge in [0.2, 0.25) is 0 Å². The molecule has 2 aromatic rings. The number of hydrogen-bond acceptors (Lipinski definition) is 4. The zero-order valence-electron chi connectivity index (χ0n) is 15.7. The molecule has 0 atom stereocenters. The molecule has 0 spiro atoms. The van der Waals surface area contributed by atoms with E-state index in [0.717, 1.165) is 24.1 Å². The van der Waals surface area contributed by atoms with Gasteiger partial charge in [-0.05, 0) is 81.4 Å². The number of sulfonamides is 1. The van der Waals surface area contributed by atoms with E-state index in [0.29, 0.717) is 17.8 Å². The van der Waals surface area contributed by atoms with Crippen molar-refractivity contribution in [3.05, 3.63) is 59.2 Å². The zero-order valence-corrected chi connectivity index (χ0v) is 17.3. The average Bonchev–Trinajstić information content (AvgIpc) is 2.61. The fourth-order valence-electron chi connectivity index (χ4n) is 2.35. The highest BCUT2D eigenvalue weighted by atomic mass is 35.5. The van der Waals surface area contributed by atoms with Gasteiger partial charge in [0, 0.05) is 17.8 Å². The number of hydrogen-bond donors (Lipinski definition) is 3. The number of rotatable bonds is 8. The molecular weight excluding hydrogens is 386 g/mol. The molecule has 8 heteroatoms. The molecule has 0 unspecified atom stereocenters. The largest absolute Gasteiger partial charge is 0.352 e. The van der Waals surface area contributed by atoms with E-state index in [4.69, 9.17) is 0 Å². The molecule has 0 aliphatic carbocycles. The molecule has 0 aliphatic rings. The van der Waals surface area contributed by atoms with Crippen LogP contribution in [0.1, 0.15) is 27.9 Å². The second kappa shape index (κ2) is 10.3. The first kappa shape index (κ1) is 23.0. The van der Waals surface area contributed by atoms with Gasteiger partial charge in [-0.2, -0.15) is 0 Å². The number of nitrogens with one attached hydrogen (secondary N) is 3. The summed E-state index contributed by atoms with van der Waals surface area (Å²) < 4.78 is 27.5. The topological polar surface area (TPSA) is 87.3 Å². The van der Waals surface area contributed by atoms with Crippen LogP contribution < -0.4 is 15.4 Å². The monoisotopic (exact) mass is 411 g/mol. The molecule has 3 N–H and O–H groups in total. The van der Waals surface area contributed by atoms with Crippen LogP contribution in [0.2, 0.25) is 0 Å². The van der Waals surface area contributed by atoms with E-state index in [1.165, 1.54) is 0 Å². The quantitative estimate of drug-likeness (QED) is 0.583. The Kier molecular flexibility index (Phi) is 8.75. The smallest absolute Gasteiger partial charge is 0.261 e. The van der Waals surface area contributed by atoms with Crippen LogP contribution in [-0.2, 0) is 10.0 Å². The van der Waals surface area contributed by atoms with Crippen molar-refractivity contribution in [1.29, 1.82) is 0 Å². The lowest BCUT2D eigenvalue weighted by molar-refractivity contribution is 0.0953. The van der Waals surface area contributed by atoms with Gasteiger partial charge in [-0.3, -0.25) is 9.52 Å². The van der Waals surface area contributed by atoms with Crippen LogP contribution in [0, 0.1) is 13.8 Å². The molecule has 1 amide bonds. The maximum Gasteiger partial charge on any atom is 0.261 e. The summed E-state index contributed by atoms with van der Waals surface area (Å²) in [6, 6.07) is 11.4. The van der Waals surface area contributed by atoms with Crippen molar-refractivity contribution in [2.45, 2.75) is 25.2 Å². The number of anilines is 1. The summed E-state index contributed by atoms with van der Waals surface area (Å²) >= 11 is 0. The van der Waals surface area contributed by atoms with Crippen molar-refractivity contribution in [3.63, 3.8) is 0 Å². The van der Waals surface area contributed by atoms with E-state index < -0.39 is 10.0 Å². The third-order valence-electron chi connectivity index (χ3n) is 4.08. The summed E-state index contributed by atoms with van der Waals surface area (Å²) in [4.78, 5) is 12.2. The van der Waals surface area contributed by atoms with E-state index in [-0.39, 0.29) is 23.2 Å². The van der Waals surface area contributed by atoms with Crippen LogP contribution in [0.4, 0.5) is 5.69 Å². The van der Waals surface area contributed by atoms with Gasteiger partial charge in [0.05, 0.1) is 4.90 Å². The molecule has 0 fully saturated rings. The van der Waals surface area contributed by atoms with Crippen LogP contribution >= 0.6 is 12.4 Å². The molecule has 0 aliphatic heterocycles. The molecule has 2 aromatic carbocycles. The predicted octanol–water partition coefficient (Wildman–Crippen LogP) is 2.87. The Morgan fingerprint density at radius 3 is 2.22 bits per heavy atom. The van der Waals surface area contributed by atoms with Crippen molar-refractivity contribution in [2.24, 2.45) is 0 Å². The van der Waals surface area contributed by atoms with Crippen LogP contribution in [0.3, 0.4) is 0 Å². The Labute approximate surface area is 167 Å². The lowest BCUT2D eigenvalue weighted by Gasteiger charge is -2.10. The number of amides is 1. The number of carbonyl (C=O) groups excluding carboxylic acids is 1. The van der Waals surface area contributed by atoms with Gasteiger partial charge in [0.25, 0.3) is 15.9 Å². The third-order valence-corrected chi connectivity index (χ3v) is 5.46. The Hall–Kier alpha value is -2.09. The second-order valence-electron chi connectivity index (χ2n) is 6.14. The van der Waals surface area contributed by atoms with E-state index in [2.05, 4.69) is 15.4 Å². The highest BCUT2D eigenvalue weighted by Gasteiger charge is 2.15. The van der Waals surface area contributed by atoms with Crippen LogP contribution in [0.5, 0.6) is 0 Å². The molecule has 0 heterocycles. The van der Waals surface area contributed by atoms with Crippen molar-refractivity contribution in [2.75, 3.05) is 24.9 Å². The summed E-state index contributed by atoms with van der Waals surface area (Å²) in [5, 5.41) is 5.84. The minimum Gasteiger partial charge on any atom is -0.352 e. The van der Waals surface area contributed by atoms with Crippen molar-refractivity contribution in [3.8, 4) is 0 Å². The van der Waals surface area contributed by atoms with Gasteiger partial charge >= 0.3 is 0 Å². The Balaban J connectivity index is 0.00000364. The van der Waals surface area contributed by atoms with Crippen molar-refractivity contribution >= 4 is 34.0 Å². The Bertz CT molecular complexity index is 868. The van der Waals surface area contributed by atoms with Crippen LogP contribution in [-0.4, -0.2) is 34.5 Å². The van der Waals surface area contributed by atoms with Gasteiger partial charge in [-0.15, -0.1) is 12.4 Å². The normalized spacial score (nSPS) is 10.8. The minimum absolute atomic E-state index is 0. The first-order chi connectivity index (χ1) is 12.3. The van der Waals surface area contributed by atoms with E-state index >= 15 is 0 Å². The van der Waals surface area contributed by atoms with Gasteiger partial charge in [-0.1, -0.05) is 6.07 Å². The van der Waals surface area contributed by atoms with Crippen LogP contribution in [0.25, 0.3) is 0 Å². The second-order valence-corrected chi connectivity index (χ2v) is 7.82. The summed E-state index contributed by atoms with van der Waals surface area (Å²) in [5.74, 6) is -0.176. The summed E-state index contributed by atoms with van der Waals surface area (Å²) in [7, 11) is -1.80. The molecule has 0 saturated carbocycles.